The van der Waals surface area contributed by atoms with Crippen molar-refractivity contribution >= 4 is 6.03 Å². The fraction of sp³-hybridized carbons (Fsp3) is 0.333. The first-order valence-electron chi connectivity index (χ1n) is 10.8. The Labute approximate surface area is 183 Å². The zero-order valence-electron chi connectivity index (χ0n) is 17.9. The first-order valence-corrected chi connectivity index (χ1v) is 10.8. The monoisotopic (exact) mass is 419 g/mol. The highest BCUT2D eigenvalue weighted by molar-refractivity contribution is 5.74. The maximum absolute atomic E-state index is 12.6. The third-order valence-electron chi connectivity index (χ3n) is 5.42. The number of carbonyl (C=O) groups is 1. The molecule has 4 rings (SSSR count). The average molecular weight is 420 g/mol. The van der Waals surface area contributed by atoms with Crippen LogP contribution < -0.4 is 10.1 Å². The molecule has 0 atom stereocenters. The number of urea groups is 1. The molecule has 0 unspecified atom stereocenters. The second-order valence-corrected chi connectivity index (χ2v) is 7.62. The minimum absolute atomic E-state index is 0.00907. The maximum atomic E-state index is 12.6. The lowest BCUT2D eigenvalue weighted by atomic mass is 10.2. The molecule has 0 spiro atoms. The van der Waals surface area contributed by atoms with Gasteiger partial charge in [0.2, 0.25) is 0 Å². The predicted molar refractivity (Wildman–Crippen MR) is 120 cm³/mol. The highest BCUT2D eigenvalue weighted by Gasteiger charge is 2.21. The van der Waals surface area contributed by atoms with Gasteiger partial charge in [0.05, 0.1) is 12.3 Å². The zero-order valence-corrected chi connectivity index (χ0v) is 17.9. The molecule has 3 aromatic rings. The Kier molecular flexibility index (Phi) is 6.84. The van der Waals surface area contributed by atoms with Gasteiger partial charge < -0.3 is 15.0 Å². The van der Waals surface area contributed by atoms with Crippen molar-refractivity contribution in [1.29, 1.82) is 0 Å². The van der Waals surface area contributed by atoms with E-state index in [4.69, 9.17) is 4.74 Å². The molecule has 31 heavy (non-hydrogen) atoms. The molecule has 2 heterocycles. The first-order chi connectivity index (χ1) is 15.2. The quantitative estimate of drug-likeness (QED) is 0.638. The summed E-state index contributed by atoms with van der Waals surface area (Å²) in [7, 11) is 0. The summed E-state index contributed by atoms with van der Waals surface area (Å²) in [6, 6.07) is 18.2. The van der Waals surface area contributed by atoms with E-state index in [1.165, 1.54) is 5.56 Å². The number of amides is 2. The Balaban J connectivity index is 1.23. The molecule has 0 saturated carbocycles. The number of benzene rings is 2. The first kappa shape index (κ1) is 20.9. The molecule has 1 saturated heterocycles. The number of nitrogens with zero attached hydrogens (tertiary/aromatic N) is 4. The highest BCUT2D eigenvalue weighted by atomic mass is 16.5. The molecule has 1 N–H and O–H groups in total. The van der Waals surface area contributed by atoms with Gasteiger partial charge in [0.15, 0.2) is 0 Å². The zero-order chi connectivity index (χ0) is 21.5. The van der Waals surface area contributed by atoms with Gasteiger partial charge in [-0.3, -0.25) is 4.90 Å². The lowest BCUT2D eigenvalue weighted by Gasteiger charge is -2.34. The minimum atomic E-state index is -0.00907. The predicted octanol–water partition coefficient (Wildman–Crippen LogP) is 3.30. The van der Waals surface area contributed by atoms with E-state index < -0.39 is 0 Å². The van der Waals surface area contributed by atoms with Crippen LogP contribution in [0.5, 0.6) is 5.75 Å². The van der Waals surface area contributed by atoms with Crippen LogP contribution in [0.3, 0.4) is 0 Å². The number of nitrogens with one attached hydrogen (secondary N) is 1. The number of piperazine rings is 1. The summed E-state index contributed by atoms with van der Waals surface area (Å²) in [6.07, 6.45) is 3.66. The summed E-state index contributed by atoms with van der Waals surface area (Å²) >= 11 is 0. The van der Waals surface area contributed by atoms with Gasteiger partial charge in [0, 0.05) is 51.7 Å². The van der Waals surface area contributed by atoms with Crippen LogP contribution >= 0.6 is 0 Å². The van der Waals surface area contributed by atoms with Crippen LogP contribution in [0.15, 0.2) is 67.0 Å². The van der Waals surface area contributed by atoms with E-state index in [1.807, 2.05) is 65.2 Å². The number of hydrogen-bond donors (Lipinski definition) is 1. The second kappa shape index (κ2) is 10.1. The fourth-order valence-corrected chi connectivity index (χ4v) is 3.74. The molecular weight excluding hydrogens is 390 g/mol. The molecular formula is C24H29N5O2. The van der Waals surface area contributed by atoms with Crippen LogP contribution in [-0.2, 0) is 13.1 Å². The van der Waals surface area contributed by atoms with Crippen molar-refractivity contribution in [3.05, 3.63) is 78.1 Å². The molecule has 2 aromatic carbocycles. The third-order valence-corrected chi connectivity index (χ3v) is 5.42. The molecule has 0 aliphatic carbocycles. The smallest absolute Gasteiger partial charge is 0.317 e. The average Bonchev–Trinajstić information content (AvgIpc) is 3.35. The molecule has 162 valence electrons. The molecule has 7 heteroatoms. The molecule has 1 aliphatic heterocycles. The Morgan fingerprint density at radius 2 is 1.84 bits per heavy atom. The van der Waals surface area contributed by atoms with E-state index in [-0.39, 0.29) is 6.03 Å². The summed E-state index contributed by atoms with van der Waals surface area (Å²) in [6.45, 7) is 7.26. The highest BCUT2D eigenvalue weighted by Crippen LogP contribution is 2.15. The third kappa shape index (κ3) is 5.64. The van der Waals surface area contributed by atoms with Gasteiger partial charge in [-0.1, -0.05) is 24.3 Å². The molecule has 2 amide bonds. The summed E-state index contributed by atoms with van der Waals surface area (Å²) in [4.78, 5) is 16.9. The van der Waals surface area contributed by atoms with E-state index in [1.54, 1.807) is 6.20 Å². The van der Waals surface area contributed by atoms with E-state index >= 15 is 0 Å². The van der Waals surface area contributed by atoms with Gasteiger partial charge in [-0.2, -0.15) is 5.10 Å². The SMILES string of the molecule is CCOc1ccc(CN2CCN(C(=O)NCc3cccc(-n4cccn4)c3)CC2)cc1. The summed E-state index contributed by atoms with van der Waals surface area (Å²) in [5, 5.41) is 7.30. The molecule has 1 fully saturated rings. The van der Waals surface area contributed by atoms with Crippen LogP contribution in [0, 0.1) is 0 Å². The number of ether oxygens (including phenoxy) is 1. The number of carbonyl (C=O) groups excluding carboxylic acids is 1. The Morgan fingerprint density at radius 3 is 2.55 bits per heavy atom. The molecule has 7 nitrogen and oxygen atoms in total. The lowest BCUT2D eigenvalue weighted by molar-refractivity contribution is 0.135. The van der Waals surface area contributed by atoms with Gasteiger partial charge in [0.1, 0.15) is 5.75 Å². The summed E-state index contributed by atoms with van der Waals surface area (Å²) in [5.41, 5.74) is 3.30. The van der Waals surface area contributed by atoms with Crippen molar-refractivity contribution in [3.63, 3.8) is 0 Å². The van der Waals surface area contributed by atoms with Crippen molar-refractivity contribution in [3.8, 4) is 11.4 Å². The van der Waals surface area contributed by atoms with Crippen LogP contribution in [-0.4, -0.2) is 58.4 Å². The number of rotatable bonds is 7. The normalized spacial score (nSPS) is 14.4. The van der Waals surface area contributed by atoms with Crippen LogP contribution in [0.2, 0.25) is 0 Å². The molecule has 1 aliphatic rings. The van der Waals surface area contributed by atoms with E-state index in [0.717, 1.165) is 49.7 Å². The molecule has 1 aromatic heterocycles. The van der Waals surface area contributed by atoms with Gasteiger partial charge in [0.25, 0.3) is 0 Å². The largest absolute Gasteiger partial charge is 0.494 e. The standard InChI is InChI=1S/C24H29N5O2/c1-2-31-23-9-7-20(8-10-23)19-27-13-15-28(16-14-27)24(30)25-18-21-5-3-6-22(17-21)29-12-4-11-26-29/h3-12,17H,2,13-16,18-19H2,1H3,(H,25,30). The van der Waals surface area contributed by atoms with Crippen molar-refractivity contribution < 1.29 is 9.53 Å². The van der Waals surface area contributed by atoms with Crippen LogP contribution in [0.1, 0.15) is 18.1 Å². The van der Waals surface area contributed by atoms with Gasteiger partial charge in [-0.05, 0) is 48.4 Å². The van der Waals surface area contributed by atoms with Crippen molar-refractivity contribution in [2.24, 2.45) is 0 Å². The van der Waals surface area contributed by atoms with E-state index in [9.17, 15) is 4.79 Å². The van der Waals surface area contributed by atoms with Crippen molar-refractivity contribution in [2.75, 3.05) is 32.8 Å². The second-order valence-electron chi connectivity index (χ2n) is 7.62. The number of hydrogen-bond acceptors (Lipinski definition) is 4. The summed E-state index contributed by atoms with van der Waals surface area (Å²) in [5.74, 6) is 0.905. The van der Waals surface area contributed by atoms with Gasteiger partial charge in [-0.25, -0.2) is 9.48 Å². The number of aromatic nitrogens is 2. The Hall–Kier alpha value is -3.32. The van der Waals surface area contributed by atoms with Gasteiger partial charge in [-0.15, -0.1) is 0 Å². The van der Waals surface area contributed by atoms with Crippen LogP contribution in [0.4, 0.5) is 4.79 Å². The lowest BCUT2D eigenvalue weighted by Crippen LogP contribution is -2.51. The molecule has 0 bridgehead atoms. The Morgan fingerprint density at radius 1 is 1.03 bits per heavy atom. The molecule has 0 radical (unpaired) electrons. The minimum Gasteiger partial charge on any atom is -0.494 e. The van der Waals surface area contributed by atoms with Gasteiger partial charge >= 0.3 is 6.03 Å². The van der Waals surface area contributed by atoms with E-state index in [2.05, 4.69) is 27.4 Å². The Bertz CT molecular complexity index is 964. The van der Waals surface area contributed by atoms with Crippen LogP contribution in [0.25, 0.3) is 5.69 Å². The maximum Gasteiger partial charge on any atom is 0.317 e. The van der Waals surface area contributed by atoms with E-state index in [0.29, 0.717) is 13.2 Å². The fourth-order valence-electron chi connectivity index (χ4n) is 3.74. The summed E-state index contributed by atoms with van der Waals surface area (Å²) < 4.78 is 7.32. The topological polar surface area (TPSA) is 62.6 Å². The van der Waals surface area contributed by atoms with Crippen molar-refractivity contribution in [2.45, 2.75) is 20.0 Å². The van der Waals surface area contributed by atoms with Crippen molar-refractivity contribution in [1.82, 2.24) is 24.9 Å².